The van der Waals surface area contributed by atoms with Crippen LogP contribution in [0, 0.1) is 10.1 Å². The molecule has 1 aromatic heterocycles. The Morgan fingerprint density at radius 3 is 2.35 bits per heavy atom. The summed E-state index contributed by atoms with van der Waals surface area (Å²) < 4.78 is 0. The lowest BCUT2D eigenvalue weighted by molar-refractivity contribution is -0.384. The number of carboxylic acid groups (broad SMARTS) is 1. The van der Waals surface area contributed by atoms with E-state index in [2.05, 4.69) is 10.3 Å². The molecule has 8 heteroatoms. The minimum Gasteiger partial charge on any atom is -0.478 e. The maximum absolute atomic E-state index is 11.0. The summed E-state index contributed by atoms with van der Waals surface area (Å²) in [6.07, 6.45) is 1.03. The first-order valence-electron chi connectivity index (χ1n) is 5.84. The number of aromatic carboxylic acids is 1. The molecule has 1 aromatic rings. The Morgan fingerprint density at radius 2 is 1.95 bits per heavy atom. The second kappa shape index (κ2) is 5.04. The van der Waals surface area contributed by atoms with Crippen molar-refractivity contribution < 1.29 is 19.9 Å². The summed E-state index contributed by atoms with van der Waals surface area (Å²) >= 11 is 0. The van der Waals surface area contributed by atoms with Gasteiger partial charge in [-0.2, -0.15) is 0 Å². The lowest BCUT2D eigenvalue weighted by Gasteiger charge is -2.38. The van der Waals surface area contributed by atoms with Gasteiger partial charge in [0.2, 0.25) is 5.82 Å². The summed E-state index contributed by atoms with van der Waals surface area (Å²) in [6, 6.07) is 0.929. The Bertz CT molecular complexity index is 549. The molecule has 0 unspecified atom stereocenters. The van der Waals surface area contributed by atoms with E-state index < -0.39 is 27.7 Å². The van der Waals surface area contributed by atoms with Crippen molar-refractivity contribution in [1.29, 1.82) is 0 Å². The van der Waals surface area contributed by atoms with E-state index in [1.807, 2.05) is 0 Å². The van der Waals surface area contributed by atoms with Crippen molar-refractivity contribution in [3.63, 3.8) is 0 Å². The molecular formula is C12H17N3O5. The van der Waals surface area contributed by atoms with Crippen LogP contribution in [0.25, 0.3) is 0 Å². The molecule has 3 N–H and O–H groups in total. The van der Waals surface area contributed by atoms with Crippen LogP contribution in [0.3, 0.4) is 0 Å². The molecule has 0 bridgehead atoms. The van der Waals surface area contributed by atoms with Gasteiger partial charge in [-0.1, -0.05) is 0 Å². The molecule has 1 rings (SSSR count). The number of hydrogen-bond donors (Lipinski definition) is 3. The van der Waals surface area contributed by atoms with Gasteiger partial charge in [-0.15, -0.1) is 0 Å². The molecule has 0 fully saturated rings. The number of nitrogens with one attached hydrogen (secondary N) is 1. The molecule has 0 aliphatic carbocycles. The highest BCUT2D eigenvalue weighted by molar-refractivity contribution is 5.88. The summed E-state index contributed by atoms with van der Waals surface area (Å²) in [4.78, 5) is 24.9. The van der Waals surface area contributed by atoms with Crippen molar-refractivity contribution in [2.45, 2.75) is 38.8 Å². The molecule has 0 amide bonds. The smallest absolute Gasteiger partial charge is 0.337 e. The molecule has 0 radical (unpaired) electrons. The van der Waals surface area contributed by atoms with Crippen molar-refractivity contribution in [3.05, 3.63) is 27.9 Å². The van der Waals surface area contributed by atoms with E-state index in [0.717, 1.165) is 12.3 Å². The van der Waals surface area contributed by atoms with Crippen LogP contribution >= 0.6 is 0 Å². The van der Waals surface area contributed by atoms with Gasteiger partial charge in [0, 0.05) is 12.3 Å². The molecule has 0 aliphatic heterocycles. The normalized spacial score (nSPS) is 12.1. The third-order valence-corrected chi connectivity index (χ3v) is 3.27. The average molecular weight is 283 g/mol. The Kier molecular flexibility index (Phi) is 3.99. The molecule has 0 atom stereocenters. The number of rotatable bonds is 5. The fourth-order valence-electron chi connectivity index (χ4n) is 1.25. The zero-order valence-electron chi connectivity index (χ0n) is 11.7. The number of carboxylic acids is 1. The zero-order valence-corrected chi connectivity index (χ0v) is 11.7. The van der Waals surface area contributed by atoms with Gasteiger partial charge in [-0.25, -0.2) is 9.78 Å². The Balaban J connectivity index is 3.26. The predicted octanol–water partition coefficient (Wildman–Crippen LogP) is 1.65. The van der Waals surface area contributed by atoms with Gasteiger partial charge in [0.1, 0.15) is 0 Å². The van der Waals surface area contributed by atoms with Crippen molar-refractivity contribution in [1.82, 2.24) is 4.98 Å². The molecule has 110 valence electrons. The predicted molar refractivity (Wildman–Crippen MR) is 71.9 cm³/mol. The van der Waals surface area contributed by atoms with E-state index in [0.29, 0.717) is 0 Å². The summed E-state index contributed by atoms with van der Waals surface area (Å²) in [5, 5.41) is 32.6. The number of aliphatic hydroxyl groups is 1. The van der Waals surface area contributed by atoms with E-state index >= 15 is 0 Å². The van der Waals surface area contributed by atoms with E-state index in [4.69, 9.17) is 5.11 Å². The third kappa shape index (κ3) is 3.21. The van der Waals surface area contributed by atoms with Crippen LogP contribution in [0.15, 0.2) is 12.3 Å². The first-order chi connectivity index (χ1) is 8.95. The fraction of sp³-hybridized carbons (Fsp3) is 0.500. The SMILES string of the molecule is CC(C)(O)C(C)(C)Nc1ncc(C(=O)O)cc1[N+](=O)[O-]. The number of hydrogen-bond acceptors (Lipinski definition) is 6. The number of aromatic nitrogens is 1. The maximum atomic E-state index is 11.0. The number of pyridine rings is 1. The van der Waals surface area contributed by atoms with E-state index in [9.17, 15) is 20.0 Å². The van der Waals surface area contributed by atoms with Crippen LogP contribution in [-0.2, 0) is 0 Å². The Hall–Kier alpha value is -2.22. The second-order valence-electron chi connectivity index (χ2n) is 5.46. The maximum Gasteiger partial charge on any atom is 0.337 e. The molecule has 0 aliphatic rings. The molecule has 0 aromatic carbocycles. The van der Waals surface area contributed by atoms with Crippen molar-refractivity contribution in [2.75, 3.05) is 5.32 Å². The van der Waals surface area contributed by atoms with Crippen LogP contribution in [0.4, 0.5) is 11.5 Å². The minimum absolute atomic E-state index is 0.0906. The molecule has 1 heterocycles. The first kappa shape index (κ1) is 15.8. The number of nitrogens with zero attached hydrogens (tertiary/aromatic N) is 2. The second-order valence-corrected chi connectivity index (χ2v) is 5.46. The fourth-order valence-corrected chi connectivity index (χ4v) is 1.25. The Labute approximate surface area is 115 Å². The molecule has 0 spiro atoms. The summed E-state index contributed by atoms with van der Waals surface area (Å²) in [5.74, 6) is -1.39. The van der Waals surface area contributed by atoms with Crippen LogP contribution < -0.4 is 5.32 Å². The standard InChI is InChI=1S/C12H17N3O5/c1-11(2,12(3,4)18)14-9-8(15(19)20)5-7(6-13-9)10(16)17/h5-6,18H,1-4H3,(H,13,14)(H,16,17). The van der Waals surface area contributed by atoms with Crippen molar-refractivity contribution >= 4 is 17.5 Å². The van der Waals surface area contributed by atoms with Gasteiger partial charge >= 0.3 is 11.7 Å². The number of anilines is 1. The largest absolute Gasteiger partial charge is 0.478 e. The van der Waals surface area contributed by atoms with Gasteiger partial charge in [0.15, 0.2) is 0 Å². The highest BCUT2D eigenvalue weighted by atomic mass is 16.6. The number of carbonyl (C=O) groups is 1. The summed E-state index contributed by atoms with van der Waals surface area (Å²) in [5.41, 5.74) is -2.81. The topological polar surface area (TPSA) is 126 Å². The van der Waals surface area contributed by atoms with Gasteiger partial charge in [0.25, 0.3) is 0 Å². The Morgan fingerprint density at radius 1 is 1.40 bits per heavy atom. The molecular weight excluding hydrogens is 266 g/mol. The third-order valence-electron chi connectivity index (χ3n) is 3.27. The van der Waals surface area contributed by atoms with Crippen LogP contribution in [0.2, 0.25) is 0 Å². The van der Waals surface area contributed by atoms with Crippen LogP contribution in [-0.4, -0.2) is 37.2 Å². The minimum atomic E-state index is -1.30. The summed E-state index contributed by atoms with van der Waals surface area (Å²) in [6.45, 7) is 6.42. The van der Waals surface area contributed by atoms with Crippen LogP contribution in [0.1, 0.15) is 38.1 Å². The molecule has 0 saturated heterocycles. The highest BCUT2D eigenvalue weighted by Crippen LogP contribution is 2.30. The van der Waals surface area contributed by atoms with Gasteiger partial charge < -0.3 is 15.5 Å². The summed E-state index contributed by atoms with van der Waals surface area (Å²) in [7, 11) is 0. The number of nitro groups is 1. The average Bonchev–Trinajstić information content (AvgIpc) is 2.26. The quantitative estimate of drug-likeness (QED) is 0.554. The van der Waals surface area contributed by atoms with E-state index in [1.165, 1.54) is 0 Å². The van der Waals surface area contributed by atoms with Crippen LogP contribution in [0.5, 0.6) is 0 Å². The zero-order chi connectivity index (χ0) is 15.7. The lowest BCUT2D eigenvalue weighted by atomic mass is 9.86. The van der Waals surface area contributed by atoms with E-state index in [1.54, 1.807) is 27.7 Å². The van der Waals surface area contributed by atoms with Gasteiger partial charge in [-0.3, -0.25) is 10.1 Å². The van der Waals surface area contributed by atoms with Crippen molar-refractivity contribution in [2.24, 2.45) is 0 Å². The molecule has 0 saturated carbocycles. The molecule has 20 heavy (non-hydrogen) atoms. The monoisotopic (exact) mass is 283 g/mol. The highest BCUT2D eigenvalue weighted by Gasteiger charge is 2.37. The van der Waals surface area contributed by atoms with Gasteiger partial charge in [-0.05, 0) is 27.7 Å². The van der Waals surface area contributed by atoms with Crippen molar-refractivity contribution in [3.8, 4) is 0 Å². The van der Waals surface area contributed by atoms with Gasteiger partial charge in [0.05, 0.1) is 21.6 Å². The molecule has 8 nitrogen and oxygen atoms in total. The first-order valence-corrected chi connectivity index (χ1v) is 5.84. The lowest BCUT2D eigenvalue weighted by Crippen LogP contribution is -2.51. The van der Waals surface area contributed by atoms with E-state index in [-0.39, 0.29) is 11.4 Å².